The monoisotopic (exact) mass is 250 g/mol. The number of benzene rings is 1. The van der Waals surface area contributed by atoms with E-state index in [1.54, 1.807) is 0 Å². The number of carboxylic acid groups (broad SMARTS) is 1. The number of azide groups is 1. The van der Waals surface area contributed by atoms with E-state index >= 15 is 0 Å². The maximum atomic E-state index is 11.3. The van der Waals surface area contributed by atoms with Crippen molar-refractivity contribution in [3.8, 4) is 5.75 Å². The van der Waals surface area contributed by atoms with Crippen LogP contribution in [0.15, 0.2) is 29.4 Å². The van der Waals surface area contributed by atoms with Gasteiger partial charge in [0.1, 0.15) is 11.3 Å². The number of hydrogen-bond acceptors (Lipinski definition) is 4. The van der Waals surface area contributed by atoms with Crippen LogP contribution in [-0.2, 0) is 10.3 Å². The second-order valence-corrected chi connectivity index (χ2v) is 3.86. The fourth-order valence-corrected chi connectivity index (χ4v) is 1.50. The Hall–Kier alpha value is -2.24. The summed E-state index contributed by atoms with van der Waals surface area (Å²) in [6.45, 7) is 1.92. The van der Waals surface area contributed by atoms with Gasteiger partial charge in [0.2, 0.25) is 0 Å². The summed E-state index contributed by atoms with van der Waals surface area (Å²) in [5.41, 5.74) is 7.35. The molecule has 0 aliphatic carbocycles. The van der Waals surface area contributed by atoms with Crippen molar-refractivity contribution in [2.24, 2.45) is 5.11 Å². The smallest absolute Gasteiger partial charge is 0.328 e. The highest BCUT2D eigenvalue weighted by molar-refractivity contribution is 5.80. The molecule has 3 N–H and O–H groups in total. The molecule has 0 heterocycles. The quantitative estimate of drug-likeness (QED) is 0.307. The summed E-state index contributed by atoms with van der Waals surface area (Å²) in [6.07, 6.45) is 0. The SMILES string of the molecule is CC(NCCN=[N+]=[N-])(C(=O)O)c1ccc(O)cc1. The lowest BCUT2D eigenvalue weighted by atomic mass is 9.92. The molecule has 0 fully saturated rings. The van der Waals surface area contributed by atoms with Crippen LogP contribution in [0.5, 0.6) is 5.75 Å². The van der Waals surface area contributed by atoms with E-state index in [9.17, 15) is 15.0 Å². The van der Waals surface area contributed by atoms with Crippen LogP contribution in [0.1, 0.15) is 12.5 Å². The zero-order valence-corrected chi connectivity index (χ0v) is 9.87. The second kappa shape index (κ2) is 5.90. The molecular formula is C11H14N4O3. The number of phenols is 1. The molecule has 0 bridgehead atoms. The topological polar surface area (TPSA) is 118 Å². The predicted molar refractivity (Wildman–Crippen MR) is 65.1 cm³/mol. The molecule has 0 aromatic heterocycles. The molecule has 1 rings (SSSR count). The Balaban J connectivity index is 2.89. The van der Waals surface area contributed by atoms with Gasteiger partial charge in [0.15, 0.2) is 0 Å². The molecular weight excluding hydrogens is 236 g/mol. The molecule has 1 aromatic rings. The Labute approximate surface area is 104 Å². The Morgan fingerprint density at radius 3 is 2.61 bits per heavy atom. The highest BCUT2D eigenvalue weighted by Crippen LogP contribution is 2.23. The summed E-state index contributed by atoms with van der Waals surface area (Å²) in [7, 11) is 0. The lowest BCUT2D eigenvalue weighted by molar-refractivity contribution is -0.144. The van der Waals surface area contributed by atoms with Crippen molar-refractivity contribution >= 4 is 5.97 Å². The molecule has 0 saturated heterocycles. The summed E-state index contributed by atoms with van der Waals surface area (Å²) in [5.74, 6) is -0.977. The highest BCUT2D eigenvalue weighted by Gasteiger charge is 2.34. The van der Waals surface area contributed by atoms with Gasteiger partial charge in [0, 0.05) is 18.0 Å². The van der Waals surface area contributed by atoms with Crippen LogP contribution in [-0.4, -0.2) is 29.3 Å². The molecule has 0 saturated carbocycles. The summed E-state index contributed by atoms with van der Waals surface area (Å²) >= 11 is 0. The van der Waals surface area contributed by atoms with E-state index in [4.69, 9.17) is 5.53 Å². The zero-order valence-electron chi connectivity index (χ0n) is 9.87. The van der Waals surface area contributed by atoms with Crippen molar-refractivity contribution in [2.45, 2.75) is 12.5 Å². The molecule has 1 unspecified atom stereocenters. The molecule has 1 atom stereocenters. The van der Waals surface area contributed by atoms with E-state index in [2.05, 4.69) is 15.3 Å². The minimum absolute atomic E-state index is 0.0700. The Morgan fingerprint density at radius 2 is 2.11 bits per heavy atom. The molecule has 0 radical (unpaired) electrons. The Kier molecular flexibility index (Phi) is 4.53. The van der Waals surface area contributed by atoms with Crippen molar-refractivity contribution in [1.29, 1.82) is 0 Å². The lowest BCUT2D eigenvalue weighted by Crippen LogP contribution is -2.47. The molecule has 1 aromatic carbocycles. The number of nitrogens with zero attached hydrogens (tertiary/aromatic N) is 3. The first kappa shape index (κ1) is 13.8. The summed E-state index contributed by atoms with van der Waals surface area (Å²) in [4.78, 5) is 13.9. The number of aromatic hydroxyl groups is 1. The van der Waals surface area contributed by atoms with Crippen molar-refractivity contribution in [1.82, 2.24) is 5.32 Å². The van der Waals surface area contributed by atoms with Gasteiger partial charge in [0.25, 0.3) is 0 Å². The van der Waals surface area contributed by atoms with Gasteiger partial charge in [-0.2, -0.15) is 0 Å². The number of carboxylic acids is 1. The van der Waals surface area contributed by atoms with Crippen LogP contribution in [0.4, 0.5) is 0 Å². The first-order chi connectivity index (χ1) is 8.50. The standard InChI is InChI=1S/C11H14N4O3/c1-11(10(17)18,13-6-7-14-15-12)8-2-4-9(16)5-3-8/h2-5,13,16H,6-7H2,1H3,(H,17,18). The lowest BCUT2D eigenvalue weighted by Gasteiger charge is -2.26. The van der Waals surface area contributed by atoms with Crippen LogP contribution in [0, 0.1) is 0 Å². The summed E-state index contributed by atoms with van der Waals surface area (Å²) in [5, 5.41) is 24.6. The van der Waals surface area contributed by atoms with E-state index in [0.29, 0.717) is 5.56 Å². The van der Waals surface area contributed by atoms with Gasteiger partial charge in [-0.1, -0.05) is 17.2 Å². The number of rotatable bonds is 6. The average molecular weight is 250 g/mol. The second-order valence-electron chi connectivity index (χ2n) is 3.86. The normalized spacial score (nSPS) is 13.4. The first-order valence-electron chi connectivity index (χ1n) is 5.29. The minimum Gasteiger partial charge on any atom is -0.508 e. The first-order valence-corrected chi connectivity index (χ1v) is 5.29. The Morgan fingerprint density at radius 1 is 1.50 bits per heavy atom. The third kappa shape index (κ3) is 3.13. The molecule has 0 spiro atoms. The average Bonchev–Trinajstić information content (AvgIpc) is 2.35. The van der Waals surface area contributed by atoms with Gasteiger partial charge < -0.3 is 10.2 Å². The van der Waals surface area contributed by atoms with Crippen molar-refractivity contribution in [2.75, 3.05) is 13.1 Å². The summed E-state index contributed by atoms with van der Waals surface area (Å²) in [6, 6.07) is 5.91. The number of aliphatic carboxylic acids is 1. The minimum atomic E-state index is -1.29. The van der Waals surface area contributed by atoms with Crippen LogP contribution >= 0.6 is 0 Å². The fourth-order valence-electron chi connectivity index (χ4n) is 1.50. The van der Waals surface area contributed by atoms with E-state index in [1.807, 2.05) is 0 Å². The van der Waals surface area contributed by atoms with Gasteiger partial charge in [0.05, 0.1) is 0 Å². The van der Waals surface area contributed by atoms with Crippen LogP contribution < -0.4 is 5.32 Å². The van der Waals surface area contributed by atoms with Gasteiger partial charge in [-0.3, -0.25) is 5.32 Å². The molecule has 7 heteroatoms. The van der Waals surface area contributed by atoms with E-state index in [-0.39, 0.29) is 18.8 Å². The molecule has 0 amide bonds. The van der Waals surface area contributed by atoms with Gasteiger partial charge >= 0.3 is 5.97 Å². The maximum absolute atomic E-state index is 11.3. The van der Waals surface area contributed by atoms with Crippen LogP contribution in [0.25, 0.3) is 10.4 Å². The summed E-state index contributed by atoms with van der Waals surface area (Å²) < 4.78 is 0. The largest absolute Gasteiger partial charge is 0.508 e. The van der Waals surface area contributed by atoms with Crippen LogP contribution in [0.2, 0.25) is 0 Å². The maximum Gasteiger partial charge on any atom is 0.328 e. The predicted octanol–water partition coefficient (Wildman–Crippen LogP) is 1.59. The van der Waals surface area contributed by atoms with Gasteiger partial charge in [-0.15, -0.1) is 0 Å². The number of nitrogens with one attached hydrogen (secondary N) is 1. The van der Waals surface area contributed by atoms with Crippen molar-refractivity contribution in [3.63, 3.8) is 0 Å². The molecule has 96 valence electrons. The van der Waals surface area contributed by atoms with Gasteiger partial charge in [-0.05, 0) is 30.2 Å². The number of phenolic OH excluding ortho intramolecular Hbond substituents is 1. The molecule has 0 aliphatic heterocycles. The van der Waals surface area contributed by atoms with Gasteiger partial charge in [-0.25, -0.2) is 4.79 Å². The number of carbonyl (C=O) groups is 1. The molecule has 7 nitrogen and oxygen atoms in total. The van der Waals surface area contributed by atoms with Crippen molar-refractivity contribution < 1.29 is 15.0 Å². The molecule has 0 aliphatic rings. The van der Waals surface area contributed by atoms with E-state index in [0.717, 1.165) is 0 Å². The number of hydrogen-bond donors (Lipinski definition) is 3. The van der Waals surface area contributed by atoms with E-state index in [1.165, 1.54) is 31.2 Å². The third-order valence-electron chi connectivity index (χ3n) is 2.63. The highest BCUT2D eigenvalue weighted by atomic mass is 16.4. The van der Waals surface area contributed by atoms with Crippen LogP contribution in [0.3, 0.4) is 0 Å². The Bertz CT molecular complexity index is 468. The fraction of sp³-hybridized carbons (Fsp3) is 0.364. The van der Waals surface area contributed by atoms with E-state index < -0.39 is 11.5 Å². The van der Waals surface area contributed by atoms with Crippen molar-refractivity contribution in [3.05, 3.63) is 40.3 Å². The zero-order chi connectivity index (χ0) is 13.6. The third-order valence-corrected chi connectivity index (χ3v) is 2.63. The molecule has 18 heavy (non-hydrogen) atoms.